The molecule has 2 aromatic heterocycles. The van der Waals surface area contributed by atoms with Crippen molar-refractivity contribution >= 4 is 22.7 Å². The lowest BCUT2D eigenvalue weighted by Gasteiger charge is -2.36. The van der Waals surface area contributed by atoms with Gasteiger partial charge >= 0.3 is 0 Å². The van der Waals surface area contributed by atoms with Gasteiger partial charge in [0.1, 0.15) is 6.33 Å². The zero-order valence-corrected chi connectivity index (χ0v) is 17.2. The minimum Gasteiger partial charge on any atom is -0.392 e. The smallest absolute Gasteiger partial charge is 0.165 e. The first-order valence-corrected chi connectivity index (χ1v) is 10.6. The standard InChI is InChI=1S/C22H26N6O2/c1-3-27(4-2)21-19-22(24-12-23-21)28(13-25-19)15-10-11-16(29)17-18(26-30-20(15)17)14-8-6-5-7-9-14/h5-9,12-13,15-17,20,29H,3-4,10-11H2,1-2H3/t15-,16+,17+,20+/m1/s1. The van der Waals surface area contributed by atoms with E-state index < -0.39 is 6.10 Å². The van der Waals surface area contributed by atoms with Gasteiger partial charge in [0.15, 0.2) is 23.1 Å². The van der Waals surface area contributed by atoms with E-state index in [1.807, 2.05) is 36.7 Å². The molecule has 0 spiro atoms. The van der Waals surface area contributed by atoms with E-state index in [9.17, 15) is 5.11 Å². The van der Waals surface area contributed by atoms with Crippen LogP contribution in [0.15, 0.2) is 48.1 Å². The fourth-order valence-corrected chi connectivity index (χ4v) is 4.78. The highest BCUT2D eigenvalue weighted by molar-refractivity contribution is 6.03. The van der Waals surface area contributed by atoms with Crippen molar-refractivity contribution in [1.29, 1.82) is 0 Å². The zero-order chi connectivity index (χ0) is 20.7. The Morgan fingerprint density at radius 1 is 1.10 bits per heavy atom. The molecule has 3 aromatic rings. The number of aromatic nitrogens is 4. The van der Waals surface area contributed by atoms with E-state index in [2.05, 4.69) is 43.4 Å². The van der Waals surface area contributed by atoms with E-state index in [-0.39, 0.29) is 18.1 Å². The van der Waals surface area contributed by atoms with Gasteiger partial charge in [0.2, 0.25) is 0 Å². The fraction of sp³-hybridized carbons (Fsp3) is 0.455. The summed E-state index contributed by atoms with van der Waals surface area (Å²) >= 11 is 0. The SMILES string of the molecule is CCN(CC)c1ncnc2c1ncn2[C@@H]1CC[C@H](O)[C@H]2C(c3ccccc3)=NO[C@H]21. The number of aliphatic hydroxyl groups is 1. The number of benzene rings is 1. The molecule has 1 saturated carbocycles. The average Bonchev–Trinajstić information content (AvgIpc) is 3.42. The Kier molecular flexibility index (Phi) is 4.86. The quantitative estimate of drug-likeness (QED) is 0.701. The molecule has 0 saturated heterocycles. The summed E-state index contributed by atoms with van der Waals surface area (Å²) in [5.74, 6) is 0.678. The molecule has 0 amide bonds. The fourth-order valence-electron chi connectivity index (χ4n) is 4.78. The molecule has 30 heavy (non-hydrogen) atoms. The van der Waals surface area contributed by atoms with Crippen molar-refractivity contribution in [1.82, 2.24) is 19.5 Å². The molecule has 1 aliphatic carbocycles. The predicted octanol–water partition coefficient (Wildman–Crippen LogP) is 2.79. The van der Waals surface area contributed by atoms with Gasteiger partial charge in [0.05, 0.1) is 30.1 Å². The average molecular weight is 406 g/mol. The third-order valence-electron chi connectivity index (χ3n) is 6.32. The van der Waals surface area contributed by atoms with Crippen LogP contribution >= 0.6 is 0 Å². The number of hydrogen-bond donors (Lipinski definition) is 1. The van der Waals surface area contributed by atoms with Crippen LogP contribution in [0.25, 0.3) is 11.2 Å². The van der Waals surface area contributed by atoms with Gasteiger partial charge in [0.25, 0.3) is 0 Å². The topological polar surface area (TPSA) is 88.7 Å². The first-order valence-electron chi connectivity index (χ1n) is 10.6. The van der Waals surface area contributed by atoms with Crippen LogP contribution in [0.5, 0.6) is 0 Å². The van der Waals surface area contributed by atoms with Crippen LogP contribution in [0.4, 0.5) is 5.82 Å². The number of nitrogens with zero attached hydrogens (tertiary/aromatic N) is 6. The number of rotatable bonds is 5. The van der Waals surface area contributed by atoms with Crippen molar-refractivity contribution in [2.45, 2.75) is 44.9 Å². The minimum atomic E-state index is -0.483. The molecular weight excluding hydrogens is 380 g/mol. The summed E-state index contributed by atoms with van der Waals surface area (Å²) in [5, 5.41) is 15.2. The molecule has 156 valence electrons. The lowest BCUT2D eigenvalue weighted by molar-refractivity contribution is -0.0444. The molecule has 4 atom stereocenters. The van der Waals surface area contributed by atoms with Crippen molar-refractivity contribution in [3.63, 3.8) is 0 Å². The lowest BCUT2D eigenvalue weighted by atomic mass is 9.77. The van der Waals surface area contributed by atoms with E-state index in [0.29, 0.717) is 6.42 Å². The van der Waals surface area contributed by atoms with E-state index >= 15 is 0 Å². The summed E-state index contributed by atoms with van der Waals surface area (Å²) < 4.78 is 2.08. The van der Waals surface area contributed by atoms with Gasteiger partial charge in [-0.05, 0) is 32.3 Å². The van der Waals surface area contributed by atoms with Gasteiger partial charge < -0.3 is 19.4 Å². The van der Waals surface area contributed by atoms with E-state index in [1.54, 1.807) is 6.33 Å². The Balaban J connectivity index is 1.52. The Labute approximate surface area is 175 Å². The Morgan fingerprint density at radius 3 is 2.67 bits per heavy atom. The summed E-state index contributed by atoms with van der Waals surface area (Å²) in [4.78, 5) is 21.8. The first-order chi connectivity index (χ1) is 14.7. The molecule has 8 nitrogen and oxygen atoms in total. The minimum absolute atomic E-state index is 0.00665. The number of hydrogen-bond acceptors (Lipinski definition) is 7. The van der Waals surface area contributed by atoms with Crippen LogP contribution in [-0.4, -0.2) is 55.6 Å². The number of anilines is 1. The van der Waals surface area contributed by atoms with Crippen molar-refractivity contribution in [2.24, 2.45) is 11.1 Å². The van der Waals surface area contributed by atoms with Crippen LogP contribution in [-0.2, 0) is 4.84 Å². The van der Waals surface area contributed by atoms with Crippen molar-refractivity contribution in [3.8, 4) is 0 Å². The van der Waals surface area contributed by atoms with Gasteiger partial charge in [-0.15, -0.1) is 0 Å². The summed E-state index contributed by atoms with van der Waals surface area (Å²) in [6, 6.07) is 9.95. The molecule has 3 heterocycles. The van der Waals surface area contributed by atoms with Crippen LogP contribution in [0.1, 0.15) is 38.3 Å². The number of imidazole rings is 1. The maximum absolute atomic E-state index is 10.8. The molecule has 1 aliphatic heterocycles. The van der Waals surface area contributed by atoms with Crippen molar-refractivity contribution < 1.29 is 9.94 Å². The molecule has 1 aromatic carbocycles. The molecule has 1 fully saturated rings. The summed E-state index contributed by atoms with van der Waals surface area (Å²) in [6.45, 7) is 5.92. The molecule has 0 radical (unpaired) electrons. The number of aliphatic hydroxyl groups excluding tert-OH is 1. The second kappa shape index (κ2) is 7.68. The van der Waals surface area contributed by atoms with Gasteiger partial charge in [-0.1, -0.05) is 35.5 Å². The second-order valence-electron chi connectivity index (χ2n) is 7.84. The van der Waals surface area contributed by atoms with Gasteiger partial charge in [-0.3, -0.25) is 0 Å². The molecule has 8 heteroatoms. The summed E-state index contributed by atoms with van der Waals surface area (Å²) in [7, 11) is 0. The maximum Gasteiger partial charge on any atom is 0.165 e. The van der Waals surface area contributed by atoms with Gasteiger partial charge in [-0.2, -0.15) is 0 Å². The van der Waals surface area contributed by atoms with Gasteiger partial charge in [-0.25, -0.2) is 15.0 Å². The summed E-state index contributed by atoms with van der Waals surface area (Å²) in [5.41, 5.74) is 3.40. The third-order valence-corrected chi connectivity index (χ3v) is 6.32. The van der Waals surface area contributed by atoms with E-state index in [0.717, 1.165) is 47.8 Å². The predicted molar refractivity (Wildman–Crippen MR) is 115 cm³/mol. The van der Waals surface area contributed by atoms with Crippen molar-refractivity contribution in [2.75, 3.05) is 18.0 Å². The summed E-state index contributed by atoms with van der Waals surface area (Å²) in [6.07, 6.45) is 4.14. The molecule has 0 unspecified atom stereocenters. The molecular formula is C22H26N6O2. The highest BCUT2D eigenvalue weighted by Crippen LogP contribution is 2.42. The number of fused-ring (bicyclic) bond motifs is 2. The first kappa shape index (κ1) is 19.0. The van der Waals surface area contributed by atoms with Crippen LogP contribution in [0.2, 0.25) is 0 Å². The second-order valence-corrected chi connectivity index (χ2v) is 7.84. The van der Waals surface area contributed by atoms with Crippen LogP contribution < -0.4 is 4.90 Å². The highest BCUT2D eigenvalue weighted by Gasteiger charge is 2.48. The largest absolute Gasteiger partial charge is 0.392 e. The maximum atomic E-state index is 10.8. The Hall–Kier alpha value is -3.00. The van der Waals surface area contributed by atoms with Crippen molar-refractivity contribution in [3.05, 3.63) is 48.5 Å². The van der Waals surface area contributed by atoms with Gasteiger partial charge in [0, 0.05) is 13.1 Å². The lowest BCUT2D eigenvalue weighted by Crippen LogP contribution is -2.44. The highest BCUT2D eigenvalue weighted by atomic mass is 16.6. The van der Waals surface area contributed by atoms with Crippen LogP contribution in [0, 0.1) is 5.92 Å². The Bertz CT molecular complexity index is 1060. The molecule has 2 aliphatic rings. The number of oxime groups is 1. The molecule has 0 bridgehead atoms. The normalized spacial score (nSPS) is 25.6. The Morgan fingerprint density at radius 2 is 1.90 bits per heavy atom. The molecule has 1 N–H and O–H groups in total. The van der Waals surface area contributed by atoms with E-state index in [1.165, 1.54) is 0 Å². The molecule has 5 rings (SSSR count). The third kappa shape index (κ3) is 2.94. The monoisotopic (exact) mass is 406 g/mol. The zero-order valence-electron chi connectivity index (χ0n) is 17.2. The van der Waals surface area contributed by atoms with E-state index in [4.69, 9.17) is 4.84 Å². The van der Waals surface area contributed by atoms with Crippen LogP contribution in [0.3, 0.4) is 0 Å².